The third-order valence-electron chi connectivity index (χ3n) is 1.03. The largest absolute Gasteiger partial charge is 0.394 e. The lowest BCUT2D eigenvalue weighted by Gasteiger charge is -1.84. The number of hydrogen-bond donors (Lipinski definition) is 1. The van der Waals surface area contributed by atoms with Gasteiger partial charge in [-0.3, -0.25) is 0 Å². The molecule has 0 bridgehead atoms. The van der Waals surface area contributed by atoms with Crippen molar-refractivity contribution in [2.75, 3.05) is 20.3 Å². The maximum absolute atomic E-state index is 7.94. The van der Waals surface area contributed by atoms with Crippen LogP contribution >= 0.6 is 11.6 Å². The highest BCUT2D eigenvalue weighted by atomic mass is 35.5. The molecule has 1 N–H and O–H groups in total. The fourth-order valence-corrected chi connectivity index (χ4v) is 0.651. The molecule has 0 atom stereocenters. The van der Waals surface area contributed by atoms with Crippen LogP contribution in [0.5, 0.6) is 0 Å². The standard InChI is InChI=1S/C6H5Cl.C3H8O2/c7-6-4-2-1-3-5-6;1-5-3-2-4/h1-5H;4H,2-3H2,1H3. The van der Waals surface area contributed by atoms with Crippen LogP contribution in [0.1, 0.15) is 0 Å². The van der Waals surface area contributed by atoms with Crippen molar-refractivity contribution in [3.63, 3.8) is 0 Å². The van der Waals surface area contributed by atoms with Crippen LogP contribution in [0, 0.1) is 0 Å². The van der Waals surface area contributed by atoms with Crippen LogP contribution in [0.25, 0.3) is 0 Å². The van der Waals surface area contributed by atoms with Gasteiger partial charge in [0.15, 0.2) is 0 Å². The molecule has 0 heterocycles. The fourth-order valence-electron chi connectivity index (χ4n) is 0.506. The Morgan fingerprint density at radius 1 is 1.33 bits per heavy atom. The second-order valence-electron chi connectivity index (χ2n) is 2.01. The molecule has 3 heteroatoms. The van der Waals surface area contributed by atoms with Gasteiger partial charge in [-0.15, -0.1) is 0 Å². The van der Waals surface area contributed by atoms with E-state index in [-0.39, 0.29) is 6.61 Å². The number of rotatable bonds is 2. The third-order valence-corrected chi connectivity index (χ3v) is 1.28. The normalized spacial score (nSPS) is 8.58. The van der Waals surface area contributed by atoms with Crippen LogP contribution in [0.15, 0.2) is 30.3 Å². The summed E-state index contributed by atoms with van der Waals surface area (Å²) in [5.41, 5.74) is 0. The molecule has 0 radical (unpaired) electrons. The summed E-state index contributed by atoms with van der Waals surface area (Å²) in [4.78, 5) is 0. The van der Waals surface area contributed by atoms with Gasteiger partial charge in [-0.05, 0) is 12.1 Å². The second kappa shape index (κ2) is 8.53. The average molecular weight is 189 g/mol. The molecule has 0 spiro atoms. The first kappa shape index (κ1) is 11.4. The van der Waals surface area contributed by atoms with Crippen molar-refractivity contribution in [2.24, 2.45) is 0 Å². The van der Waals surface area contributed by atoms with E-state index < -0.39 is 0 Å². The SMILES string of the molecule is COCCO.Clc1ccccc1. The average Bonchev–Trinajstić information content (AvgIpc) is 2.08. The monoisotopic (exact) mass is 188 g/mol. The molecule has 0 aliphatic rings. The Labute approximate surface area is 77.7 Å². The molecule has 68 valence electrons. The number of hydrogen-bond acceptors (Lipinski definition) is 2. The highest BCUT2D eigenvalue weighted by Gasteiger charge is 1.74. The molecule has 0 aliphatic heterocycles. The maximum Gasteiger partial charge on any atom is 0.0693 e. The Balaban J connectivity index is 0.000000217. The number of benzene rings is 1. The third kappa shape index (κ3) is 7.54. The lowest BCUT2D eigenvalue weighted by molar-refractivity contribution is 0.135. The Morgan fingerprint density at radius 2 is 1.92 bits per heavy atom. The number of methoxy groups -OCH3 is 1. The van der Waals surface area contributed by atoms with Crippen molar-refractivity contribution in [3.05, 3.63) is 35.4 Å². The van der Waals surface area contributed by atoms with E-state index in [4.69, 9.17) is 16.7 Å². The first-order chi connectivity index (χ1) is 5.81. The van der Waals surface area contributed by atoms with Crippen LogP contribution in [-0.2, 0) is 4.74 Å². The van der Waals surface area contributed by atoms with Crippen molar-refractivity contribution in [3.8, 4) is 0 Å². The molecule has 0 amide bonds. The molecule has 0 unspecified atom stereocenters. The second-order valence-corrected chi connectivity index (χ2v) is 2.45. The van der Waals surface area contributed by atoms with E-state index in [9.17, 15) is 0 Å². The molecule has 1 aromatic rings. The number of aliphatic hydroxyl groups excluding tert-OH is 1. The number of ether oxygens (including phenoxy) is 1. The highest BCUT2D eigenvalue weighted by Crippen LogP contribution is 2.03. The van der Waals surface area contributed by atoms with Gasteiger partial charge < -0.3 is 9.84 Å². The van der Waals surface area contributed by atoms with Crippen molar-refractivity contribution in [1.29, 1.82) is 0 Å². The summed E-state index contributed by atoms with van der Waals surface area (Å²) in [6.45, 7) is 0.566. The summed E-state index contributed by atoms with van der Waals surface area (Å²) in [5, 5.41) is 8.74. The topological polar surface area (TPSA) is 29.5 Å². The van der Waals surface area contributed by atoms with Crippen LogP contribution in [0.4, 0.5) is 0 Å². The predicted molar refractivity (Wildman–Crippen MR) is 50.4 cm³/mol. The lowest BCUT2D eigenvalue weighted by Crippen LogP contribution is -1.91. The quantitative estimate of drug-likeness (QED) is 0.769. The van der Waals surface area contributed by atoms with Gasteiger partial charge in [0, 0.05) is 12.1 Å². The minimum absolute atomic E-state index is 0.122. The van der Waals surface area contributed by atoms with Crippen LogP contribution < -0.4 is 0 Å². The van der Waals surface area contributed by atoms with E-state index in [0.29, 0.717) is 6.61 Å². The molecule has 1 aromatic carbocycles. The first-order valence-electron chi connectivity index (χ1n) is 3.61. The minimum Gasteiger partial charge on any atom is -0.394 e. The zero-order valence-corrected chi connectivity index (χ0v) is 7.79. The van der Waals surface area contributed by atoms with Gasteiger partial charge in [0.05, 0.1) is 13.2 Å². The Kier molecular flexibility index (Phi) is 8.12. The van der Waals surface area contributed by atoms with E-state index in [0.717, 1.165) is 5.02 Å². The highest BCUT2D eigenvalue weighted by molar-refractivity contribution is 6.30. The molecular weight excluding hydrogens is 176 g/mol. The van der Waals surface area contributed by atoms with Crippen molar-refractivity contribution in [2.45, 2.75) is 0 Å². The van der Waals surface area contributed by atoms with Crippen molar-refractivity contribution in [1.82, 2.24) is 0 Å². The molecular formula is C9H13ClO2. The summed E-state index contributed by atoms with van der Waals surface area (Å²) in [6.07, 6.45) is 0. The number of halogens is 1. The van der Waals surface area contributed by atoms with Crippen LogP contribution in [0.2, 0.25) is 5.02 Å². The van der Waals surface area contributed by atoms with E-state index in [2.05, 4.69) is 4.74 Å². The fraction of sp³-hybridized carbons (Fsp3) is 0.333. The van der Waals surface area contributed by atoms with Gasteiger partial charge in [-0.2, -0.15) is 0 Å². The molecule has 2 nitrogen and oxygen atoms in total. The molecule has 0 saturated carbocycles. The molecule has 0 aromatic heterocycles. The van der Waals surface area contributed by atoms with Crippen LogP contribution in [-0.4, -0.2) is 25.4 Å². The predicted octanol–water partition coefficient (Wildman–Crippen LogP) is 1.97. The molecule has 0 saturated heterocycles. The Bertz CT molecular complexity index is 175. The Hall–Kier alpha value is -0.570. The summed E-state index contributed by atoms with van der Waals surface area (Å²) >= 11 is 5.54. The van der Waals surface area contributed by atoms with Crippen molar-refractivity contribution >= 4 is 11.6 Å². The summed E-state index contributed by atoms with van der Waals surface area (Å²) in [6, 6.07) is 9.44. The lowest BCUT2D eigenvalue weighted by atomic mass is 10.4. The molecule has 0 aliphatic carbocycles. The van der Waals surface area contributed by atoms with E-state index in [1.165, 1.54) is 0 Å². The van der Waals surface area contributed by atoms with Gasteiger partial charge in [0.1, 0.15) is 0 Å². The molecule has 12 heavy (non-hydrogen) atoms. The zero-order chi connectivity index (χ0) is 9.23. The van der Waals surface area contributed by atoms with E-state index in [1.807, 2.05) is 30.3 Å². The zero-order valence-electron chi connectivity index (χ0n) is 7.03. The minimum atomic E-state index is 0.122. The van der Waals surface area contributed by atoms with Gasteiger partial charge in [-0.25, -0.2) is 0 Å². The molecule has 0 fully saturated rings. The number of aliphatic hydroxyl groups is 1. The summed E-state index contributed by atoms with van der Waals surface area (Å²) in [7, 11) is 1.55. The first-order valence-corrected chi connectivity index (χ1v) is 3.99. The summed E-state index contributed by atoms with van der Waals surface area (Å²) in [5.74, 6) is 0. The van der Waals surface area contributed by atoms with E-state index in [1.54, 1.807) is 7.11 Å². The van der Waals surface area contributed by atoms with Crippen LogP contribution in [0.3, 0.4) is 0 Å². The van der Waals surface area contributed by atoms with Gasteiger partial charge in [0.25, 0.3) is 0 Å². The van der Waals surface area contributed by atoms with E-state index >= 15 is 0 Å². The van der Waals surface area contributed by atoms with Crippen molar-refractivity contribution < 1.29 is 9.84 Å². The summed E-state index contributed by atoms with van der Waals surface area (Å²) < 4.78 is 4.44. The van der Waals surface area contributed by atoms with Gasteiger partial charge >= 0.3 is 0 Å². The smallest absolute Gasteiger partial charge is 0.0693 e. The maximum atomic E-state index is 7.94. The Morgan fingerprint density at radius 3 is 2.08 bits per heavy atom. The molecule has 1 rings (SSSR count). The van der Waals surface area contributed by atoms with Gasteiger partial charge in [-0.1, -0.05) is 29.8 Å². The van der Waals surface area contributed by atoms with Gasteiger partial charge in [0.2, 0.25) is 0 Å².